The molecule has 0 aromatic heterocycles. The van der Waals surface area contributed by atoms with Crippen LogP contribution in [0.2, 0.25) is 0 Å². The molecule has 1 unspecified atom stereocenters. The predicted octanol–water partition coefficient (Wildman–Crippen LogP) is 1.27. The number of nitrogens with zero attached hydrogens (tertiary/aromatic N) is 4. The summed E-state index contributed by atoms with van der Waals surface area (Å²) in [5.41, 5.74) is 0. The first-order valence-corrected chi connectivity index (χ1v) is 5.24. The number of hydrogen-bond acceptors (Lipinski definition) is 5. The molecule has 14 heavy (non-hydrogen) atoms. The van der Waals surface area contributed by atoms with Crippen LogP contribution in [-0.2, 0) is 0 Å². The molecule has 1 rings (SSSR count). The molecule has 1 heterocycles. The highest BCUT2D eigenvalue weighted by Gasteiger charge is 2.27. The summed E-state index contributed by atoms with van der Waals surface area (Å²) in [5, 5.41) is 20.9. The molecule has 0 aromatic rings. The van der Waals surface area contributed by atoms with E-state index in [-0.39, 0.29) is 12.8 Å². The third-order valence-corrected chi connectivity index (χ3v) is 2.38. The zero-order chi connectivity index (χ0) is 10.6. The Morgan fingerprint density at radius 3 is 2.43 bits per heavy atom. The number of aliphatic hydroxyl groups excluding tert-OH is 1. The molecule has 0 saturated carbocycles. The molecule has 0 radical (unpaired) electrons. The summed E-state index contributed by atoms with van der Waals surface area (Å²) in [6.45, 7) is 8.10. The first-order valence-electron chi connectivity index (χ1n) is 5.24. The van der Waals surface area contributed by atoms with Gasteiger partial charge in [-0.25, -0.2) is 0 Å². The molecule has 1 aliphatic heterocycles. The molecule has 0 aromatic carbocycles. The van der Waals surface area contributed by atoms with Crippen molar-refractivity contribution in [3.05, 3.63) is 0 Å². The Kier molecular flexibility index (Phi) is 4.13. The van der Waals surface area contributed by atoms with Crippen molar-refractivity contribution in [2.75, 3.05) is 19.7 Å². The minimum atomic E-state index is -0.0567. The molecule has 1 N–H and O–H groups in total. The second kappa shape index (κ2) is 5.14. The van der Waals surface area contributed by atoms with E-state index in [2.05, 4.69) is 24.3 Å². The topological polar surface area (TPSA) is 51.4 Å². The average Bonchev–Trinajstić information content (AvgIpc) is 2.56. The smallest absolute Gasteiger partial charge is 0.160 e. The van der Waals surface area contributed by atoms with Gasteiger partial charge in [-0.1, -0.05) is 24.3 Å². The van der Waals surface area contributed by atoms with Crippen molar-refractivity contribution in [1.82, 2.24) is 10.0 Å². The van der Waals surface area contributed by atoms with E-state index < -0.39 is 0 Å². The molecule has 5 nitrogen and oxygen atoms in total. The largest absolute Gasteiger partial charge is 0.392 e. The van der Waals surface area contributed by atoms with E-state index >= 15 is 0 Å². The maximum absolute atomic E-state index is 9.20. The Morgan fingerprint density at radius 1 is 1.29 bits per heavy atom. The van der Waals surface area contributed by atoms with E-state index in [1.807, 2.05) is 11.9 Å². The fourth-order valence-corrected chi connectivity index (χ4v) is 1.42. The third kappa shape index (κ3) is 2.57. The van der Waals surface area contributed by atoms with Crippen LogP contribution in [0.25, 0.3) is 0 Å². The Bertz CT molecular complexity index is 195. The second-order valence-electron chi connectivity index (χ2n) is 3.94. The molecular formula is C9H20N4O. The summed E-state index contributed by atoms with van der Waals surface area (Å²) in [7, 11) is 0. The van der Waals surface area contributed by atoms with Crippen molar-refractivity contribution in [3.8, 4) is 0 Å². The molecule has 0 spiro atoms. The summed E-state index contributed by atoms with van der Waals surface area (Å²) >= 11 is 0. The number of likely N-dealkylation sites (N-methyl/N-ethyl adjacent to an activating group) is 1. The van der Waals surface area contributed by atoms with Crippen molar-refractivity contribution >= 4 is 0 Å². The van der Waals surface area contributed by atoms with Gasteiger partial charge in [-0.2, -0.15) is 0 Å². The van der Waals surface area contributed by atoms with E-state index in [4.69, 9.17) is 0 Å². The molecule has 5 heteroatoms. The molecule has 1 atom stereocenters. The normalized spacial score (nSPS) is 21.4. The Hall–Kier alpha value is -0.840. The van der Waals surface area contributed by atoms with Gasteiger partial charge < -0.3 is 5.11 Å². The lowest BCUT2D eigenvalue weighted by atomic mass is 10.1. The van der Waals surface area contributed by atoms with Crippen molar-refractivity contribution in [1.29, 1.82) is 0 Å². The molecule has 0 saturated heterocycles. The predicted molar refractivity (Wildman–Crippen MR) is 54.3 cm³/mol. The van der Waals surface area contributed by atoms with Crippen LogP contribution in [-0.4, -0.2) is 41.0 Å². The summed E-state index contributed by atoms with van der Waals surface area (Å²) in [6, 6.07) is 0. The maximum Gasteiger partial charge on any atom is 0.160 e. The molecule has 0 aliphatic carbocycles. The highest BCUT2D eigenvalue weighted by Crippen LogP contribution is 2.17. The van der Waals surface area contributed by atoms with E-state index in [1.165, 1.54) is 0 Å². The van der Waals surface area contributed by atoms with Crippen molar-refractivity contribution in [3.63, 3.8) is 0 Å². The van der Waals surface area contributed by atoms with Crippen molar-refractivity contribution in [2.45, 2.75) is 33.4 Å². The minimum absolute atomic E-state index is 0.0567. The van der Waals surface area contributed by atoms with Crippen LogP contribution < -0.4 is 0 Å². The van der Waals surface area contributed by atoms with Crippen molar-refractivity contribution in [2.24, 2.45) is 16.4 Å². The zero-order valence-corrected chi connectivity index (χ0v) is 9.22. The van der Waals surface area contributed by atoms with Crippen LogP contribution in [0, 0.1) is 5.92 Å². The number of aliphatic hydroxyl groups is 1. The van der Waals surface area contributed by atoms with Crippen LogP contribution in [0.5, 0.6) is 0 Å². The van der Waals surface area contributed by atoms with E-state index in [0.717, 1.165) is 19.5 Å². The second-order valence-corrected chi connectivity index (χ2v) is 3.94. The van der Waals surface area contributed by atoms with Crippen LogP contribution >= 0.6 is 0 Å². The Morgan fingerprint density at radius 2 is 1.93 bits per heavy atom. The number of rotatable bonds is 5. The molecule has 0 amide bonds. The van der Waals surface area contributed by atoms with Gasteiger partial charge in [0.05, 0.1) is 6.61 Å². The SMILES string of the molecule is CCN1N=NN(CCC(C)C)C1CO. The Balaban J connectivity index is 2.42. The molecular weight excluding hydrogens is 180 g/mol. The minimum Gasteiger partial charge on any atom is -0.392 e. The standard InChI is InChI=1S/C9H20N4O/c1-4-12-9(7-14)13(11-10-12)6-5-8(2)3/h8-9,14H,4-7H2,1-3H3. The highest BCUT2D eigenvalue weighted by molar-refractivity contribution is 4.70. The van der Waals surface area contributed by atoms with Gasteiger partial charge in [-0.05, 0) is 19.3 Å². The monoisotopic (exact) mass is 200 g/mol. The summed E-state index contributed by atoms with van der Waals surface area (Å²) < 4.78 is 0. The quantitative estimate of drug-likeness (QED) is 0.727. The molecule has 82 valence electrons. The van der Waals surface area contributed by atoms with Gasteiger partial charge in [0.15, 0.2) is 6.17 Å². The van der Waals surface area contributed by atoms with Crippen LogP contribution in [0.4, 0.5) is 0 Å². The fourth-order valence-electron chi connectivity index (χ4n) is 1.42. The van der Waals surface area contributed by atoms with Crippen LogP contribution in [0.15, 0.2) is 10.4 Å². The van der Waals surface area contributed by atoms with Crippen LogP contribution in [0.3, 0.4) is 0 Å². The fraction of sp³-hybridized carbons (Fsp3) is 1.00. The Labute approximate surface area is 85.4 Å². The van der Waals surface area contributed by atoms with Gasteiger partial charge in [0.25, 0.3) is 0 Å². The zero-order valence-electron chi connectivity index (χ0n) is 9.22. The van der Waals surface area contributed by atoms with Crippen molar-refractivity contribution < 1.29 is 5.11 Å². The van der Waals surface area contributed by atoms with Gasteiger partial charge in [0.1, 0.15) is 0 Å². The molecule has 1 aliphatic rings. The average molecular weight is 200 g/mol. The van der Waals surface area contributed by atoms with Crippen LogP contribution in [0.1, 0.15) is 27.2 Å². The number of hydrogen-bond donors (Lipinski definition) is 1. The lowest BCUT2D eigenvalue weighted by molar-refractivity contribution is 0.0511. The summed E-state index contributed by atoms with van der Waals surface area (Å²) in [5.74, 6) is 0.653. The summed E-state index contributed by atoms with van der Waals surface area (Å²) in [6.07, 6.45) is 1.02. The van der Waals surface area contributed by atoms with Gasteiger partial charge in [0, 0.05) is 13.1 Å². The van der Waals surface area contributed by atoms with E-state index in [1.54, 1.807) is 5.01 Å². The highest BCUT2D eigenvalue weighted by atomic mass is 16.3. The van der Waals surface area contributed by atoms with E-state index in [0.29, 0.717) is 5.92 Å². The first-order chi connectivity index (χ1) is 6.69. The van der Waals surface area contributed by atoms with Gasteiger partial charge >= 0.3 is 0 Å². The maximum atomic E-state index is 9.20. The van der Waals surface area contributed by atoms with Gasteiger partial charge in [-0.3, -0.25) is 10.0 Å². The summed E-state index contributed by atoms with van der Waals surface area (Å²) in [4.78, 5) is 0. The first kappa shape index (κ1) is 11.2. The van der Waals surface area contributed by atoms with Gasteiger partial charge in [-0.15, -0.1) is 0 Å². The molecule has 0 fully saturated rings. The lowest BCUT2D eigenvalue weighted by Gasteiger charge is -2.25. The lowest BCUT2D eigenvalue weighted by Crippen LogP contribution is -2.41. The van der Waals surface area contributed by atoms with Gasteiger partial charge in [0.2, 0.25) is 0 Å². The molecule has 0 bridgehead atoms. The third-order valence-electron chi connectivity index (χ3n) is 2.38. The van der Waals surface area contributed by atoms with E-state index in [9.17, 15) is 5.11 Å².